The van der Waals surface area contributed by atoms with Crippen LogP contribution in [0.1, 0.15) is 5.69 Å². The van der Waals surface area contributed by atoms with E-state index in [1.807, 2.05) is 18.2 Å². The van der Waals surface area contributed by atoms with Crippen molar-refractivity contribution in [2.45, 2.75) is 6.92 Å². The van der Waals surface area contributed by atoms with Gasteiger partial charge in [-0.05, 0) is 47.1 Å². The van der Waals surface area contributed by atoms with Gasteiger partial charge in [0.2, 0.25) is 0 Å². The predicted molar refractivity (Wildman–Crippen MR) is 68.7 cm³/mol. The van der Waals surface area contributed by atoms with E-state index in [-0.39, 0.29) is 0 Å². The van der Waals surface area contributed by atoms with Crippen LogP contribution < -0.4 is 0 Å². The summed E-state index contributed by atoms with van der Waals surface area (Å²) in [6.07, 6.45) is 0. The van der Waals surface area contributed by atoms with E-state index in [9.17, 15) is 0 Å². The minimum atomic E-state index is 0.888. The lowest BCUT2D eigenvalue weighted by molar-refractivity contribution is 1.08. The zero-order valence-electron chi connectivity index (χ0n) is 8.51. The molecule has 0 saturated carbocycles. The van der Waals surface area contributed by atoms with Crippen molar-refractivity contribution >= 4 is 32.9 Å². The number of hydrogen-bond donors (Lipinski definition) is 0. The second kappa shape index (κ2) is 3.68. The standard InChI is InChI=1S/C11H8BrN3S/c1-7-3-2-4-10-13-14-11(15(7)10)8-5-6-9(12)16-8/h2-6H,1H3. The van der Waals surface area contributed by atoms with Crippen molar-refractivity contribution < 1.29 is 0 Å². The number of aromatic nitrogens is 3. The largest absolute Gasteiger partial charge is 0.279 e. The summed E-state index contributed by atoms with van der Waals surface area (Å²) in [5.41, 5.74) is 2.03. The molecule has 0 atom stereocenters. The van der Waals surface area contributed by atoms with Crippen LogP contribution in [0.25, 0.3) is 16.3 Å². The molecule has 16 heavy (non-hydrogen) atoms. The Morgan fingerprint density at radius 1 is 1.19 bits per heavy atom. The van der Waals surface area contributed by atoms with Crippen molar-refractivity contribution in [2.24, 2.45) is 0 Å². The lowest BCUT2D eigenvalue weighted by Gasteiger charge is -2.00. The molecular weight excluding hydrogens is 286 g/mol. The van der Waals surface area contributed by atoms with E-state index >= 15 is 0 Å². The highest BCUT2D eigenvalue weighted by Gasteiger charge is 2.10. The number of fused-ring (bicyclic) bond motifs is 1. The summed E-state index contributed by atoms with van der Waals surface area (Å²) in [4.78, 5) is 1.12. The lowest BCUT2D eigenvalue weighted by atomic mass is 10.3. The molecule has 0 N–H and O–H groups in total. The van der Waals surface area contributed by atoms with E-state index in [0.717, 1.165) is 25.8 Å². The SMILES string of the molecule is Cc1cccc2nnc(-c3ccc(Br)s3)n12. The lowest BCUT2D eigenvalue weighted by Crippen LogP contribution is -1.92. The molecule has 0 spiro atoms. The molecule has 3 heterocycles. The third-order valence-corrected chi connectivity index (χ3v) is 4.04. The third-order valence-electron chi connectivity index (χ3n) is 2.42. The molecule has 3 rings (SSSR count). The number of rotatable bonds is 1. The van der Waals surface area contributed by atoms with Crippen LogP contribution in [-0.2, 0) is 0 Å². The van der Waals surface area contributed by atoms with Crippen molar-refractivity contribution in [2.75, 3.05) is 0 Å². The van der Waals surface area contributed by atoms with Gasteiger partial charge in [-0.3, -0.25) is 4.40 Å². The van der Waals surface area contributed by atoms with E-state index in [1.54, 1.807) is 11.3 Å². The average Bonchev–Trinajstić information content (AvgIpc) is 2.84. The normalized spacial score (nSPS) is 11.1. The molecule has 0 bridgehead atoms. The zero-order valence-corrected chi connectivity index (χ0v) is 10.9. The number of nitrogens with zero attached hydrogens (tertiary/aromatic N) is 3. The molecular formula is C11H8BrN3S. The minimum Gasteiger partial charge on any atom is -0.279 e. The van der Waals surface area contributed by atoms with Crippen molar-refractivity contribution in [1.29, 1.82) is 0 Å². The number of aryl methyl sites for hydroxylation is 1. The molecule has 0 amide bonds. The Labute approximate surface area is 105 Å². The molecule has 3 aromatic rings. The second-order valence-electron chi connectivity index (χ2n) is 3.49. The molecule has 5 heteroatoms. The van der Waals surface area contributed by atoms with Crippen molar-refractivity contribution in [3.63, 3.8) is 0 Å². The molecule has 0 aromatic carbocycles. The number of hydrogen-bond acceptors (Lipinski definition) is 3. The minimum absolute atomic E-state index is 0.888. The summed E-state index contributed by atoms with van der Waals surface area (Å²) < 4.78 is 3.17. The van der Waals surface area contributed by atoms with Crippen LogP contribution in [0.2, 0.25) is 0 Å². The first-order chi connectivity index (χ1) is 7.75. The highest BCUT2D eigenvalue weighted by Crippen LogP contribution is 2.30. The first-order valence-corrected chi connectivity index (χ1v) is 6.43. The molecule has 3 nitrogen and oxygen atoms in total. The Morgan fingerprint density at radius 3 is 2.81 bits per heavy atom. The van der Waals surface area contributed by atoms with Gasteiger partial charge in [0.25, 0.3) is 0 Å². The Bertz CT molecular complexity index is 656. The van der Waals surface area contributed by atoms with Gasteiger partial charge in [0.05, 0.1) is 8.66 Å². The molecule has 0 unspecified atom stereocenters. The van der Waals surface area contributed by atoms with Crippen LogP contribution >= 0.6 is 27.3 Å². The van der Waals surface area contributed by atoms with Gasteiger partial charge < -0.3 is 0 Å². The summed E-state index contributed by atoms with van der Waals surface area (Å²) in [5, 5.41) is 8.41. The topological polar surface area (TPSA) is 30.2 Å². The number of pyridine rings is 1. The van der Waals surface area contributed by atoms with E-state index in [1.165, 1.54) is 0 Å². The van der Waals surface area contributed by atoms with E-state index < -0.39 is 0 Å². The van der Waals surface area contributed by atoms with Crippen LogP contribution in [0.4, 0.5) is 0 Å². The maximum absolute atomic E-state index is 4.24. The third kappa shape index (κ3) is 1.47. The smallest absolute Gasteiger partial charge is 0.178 e. The van der Waals surface area contributed by atoms with Crippen LogP contribution in [0.5, 0.6) is 0 Å². The summed E-state index contributed by atoms with van der Waals surface area (Å²) in [6.45, 7) is 2.06. The molecule has 0 aliphatic heterocycles. The Balaban J connectivity index is 2.32. The van der Waals surface area contributed by atoms with Crippen LogP contribution in [0.15, 0.2) is 34.1 Å². The molecule has 0 aliphatic carbocycles. The number of halogens is 1. The zero-order chi connectivity index (χ0) is 11.1. The summed E-state index contributed by atoms with van der Waals surface area (Å²) in [5.74, 6) is 0.906. The highest BCUT2D eigenvalue weighted by molar-refractivity contribution is 9.11. The maximum Gasteiger partial charge on any atom is 0.178 e. The maximum atomic E-state index is 4.24. The van der Waals surface area contributed by atoms with Gasteiger partial charge in [-0.1, -0.05) is 6.07 Å². The van der Waals surface area contributed by atoms with Gasteiger partial charge in [0, 0.05) is 5.69 Å². The second-order valence-corrected chi connectivity index (χ2v) is 5.95. The molecule has 0 aliphatic rings. The molecule has 0 radical (unpaired) electrons. The monoisotopic (exact) mass is 293 g/mol. The van der Waals surface area contributed by atoms with Crippen LogP contribution in [0, 0.1) is 6.92 Å². The first-order valence-electron chi connectivity index (χ1n) is 4.82. The van der Waals surface area contributed by atoms with Gasteiger partial charge in [-0.25, -0.2) is 0 Å². The fourth-order valence-corrected chi connectivity index (χ4v) is 3.06. The Morgan fingerprint density at radius 2 is 2.06 bits per heavy atom. The van der Waals surface area contributed by atoms with Gasteiger partial charge >= 0.3 is 0 Å². The Hall–Kier alpha value is -1.20. The summed E-state index contributed by atoms with van der Waals surface area (Å²) >= 11 is 5.12. The summed E-state index contributed by atoms with van der Waals surface area (Å²) in [6, 6.07) is 10.1. The van der Waals surface area contributed by atoms with Gasteiger partial charge in [0.1, 0.15) is 0 Å². The van der Waals surface area contributed by atoms with Gasteiger partial charge in [-0.2, -0.15) is 0 Å². The predicted octanol–water partition coefficient (Wildman–Crippen LogP) is 3.53. The fourth-order valence-electron chi connectivity index (χ4n) is 1.69. The van der Waals surface area contributed by atoms with Crippen molar-refractivity contribution in [3.8, 4) is 10.7 Å². The van der Waals surface area contributed by atoms with Crippen molar-refractivity contribution in [3.05, 3.63) is 39.8 Å². The average molecular weight is 294 g/mol. The summed E-state index contributed by atoms with van der Waals surface area (Å²) in [7, 11) is 0. The first kappa shape index (κ1) is 9.99. The molecule has 3 aromatic heterocycles. The van der Waals surface area contributed by atoms with Gasteiger partial charge in [0.15, 0.2) is 11.5 Å². The molecule has 80 valence electrons. The Kier molecular flexibility index (Phi) is 2.29. The van der Waals surface area contributed by atoms with Crippen molar-refractivity contribution in [1.82, 2.24) is 14.6 Å². The molecule has 0 saturated heterocycles. The fraction of sp³-hybridized carbons (Fsp3) is 0.0909. The van der Waals surface area contributed by atoms with Crippen LogP contribution in [-0.4, -0.2) is 14.6 Å². The van der Waals surface area contributed by atoms with E-state index in [4.69, 9.17) is 0 Å². The quantitative estimate of drug-likeness (QED) is 0.687. The van der Waals surface area contributed by atoms with Gasteiger partial charge in [-0.15, -0.1) is 21.5 Å². The number of thiophene rings is 1. The highest BCUT2D eigenvalue weighted by atomic mass is 79.9. The van der Waals surface area contributed by atoms with E-state index in [2.05, 4.69) is 49.6 Å². The van der Waals surface area contributed by atoms with E-state index in [0.29, 0.717) is 0 Å². The molecule has 0 fully saturated rings. The van der Waals surface area contributed by atoms with Crippen LogP contribution in [0.3, 0.4) is 0 Å².